The second-order valence-corrected chi connectivity index (χ2v) is 9.01. The van der Waals surface area contributed by atoms with Crippen LogP contribution in [0.5, 0.6) is 0 Å². The molecule has 0 heterocycles. The molecule has 0 aliphatic heterocycles. The lowest BCUT2D eigenvalue weighted by atomic mass is 9.46. The largest absolute Gasteiger partial charge is 0.299 e. The third kappa shape index (κ3) is 1.79. The number of carbonyl (C=O) groups is 1. The summed E-state index contributed by atoms with van der Waals surface area (Å²) in [6, 6.07) is 0. The van der Waals surface area contributed by atoms with Crippen molar-refractivity contribution in [1.29, 1.82) is 0 Å². The summed E-state index contributed by atoms with van der Waals surface area (Å²) in [6.07, 6.45) is 13.7. The van der Waals surface area contributed by atoms with Crippen molar-refractivity contribution in [2.75, 3.05) is 0 Å². The third-order valence-electron chi connectivity index (χ3n) is 8.11. The second kappa shape index (κ2) is 4.46. The monoisotopic (exact) mass is 286 g/mol. The summed E-state index contributed by atoms with van der Waals surface area (Å²) in [6.45, 7) is 7.20. The van der Waals surface area contributed by atoms with Crippen molar-refractivity contribution in [3.8, 4) is 0 Å². The van der Waals surface area contributed by atoms with Gasteiger partial charge in [-0.2, -0.15) is 0 Å². The van der Waals surface area contributed by atoms with Crippen LogP contribution in [-0.4, -0.2) is 5.78 Å². The molecule has 0 N–H and O–H groups in total. The first-order valence-electron chi connectivity index (χ1n) is 9.18. The number of hydrogen-bond acceptors (Lipinski definition) is 1. The van der Waals surface area contributed by atoms with E-state index in [2.05, 4.69) is 32.9 Å². The molecular formula is C20H30O. The number of carbonyl (C=O) groups excluding carboxylic acids is 1. The molecule has 0 aromatic rings. The molecule has 21 heavy (non-hydrogen) atoms. The highest BCUT2D eigenvalue weighted by Gasteiger charge is 2.59. The van der Waals surface area contributed by atoms with Crippen LogP contribution in [-0.2, 0) is 4.79 Å². The minimum absolute atomic E-state index is 0.0377. The van der Waals surface area contributed by atoms with E-state index in [1.807, 2.05) is 0 Å². The zero-order valence-corrected chi connectivity index (χ0v) is 13.9. The molecule has 0 aromatic carbocycles. The van der Waals surface area contributed by atoms with Crippen LogP contribution in [0.3, 0.4) is 0 Å². The Labute approximate surface area is 129 Å². The summed E-state index contributed by atoms with van der Waals surface area (Å²) >= 11 is 0. The van der Waals surface area contributed by atoms with Crippen molar-refractivity contribution in [1.82, 2.24) is 0 Å². The lowest BCUT2D eigenvalue weighted by Crippen LogP contribution is -2.52. The van der Waals surface area contributed by atoms with Crippen molar-refractivity contribution in [3.05, 3.63) is 12.2 Å². The number of ketones is 1. The van der Waals surface area contributed by atoms with E-state index in [0.717, 1.165) is 36.5 Å². The summed E-state index contributed by atoms with van der Waals surface area (Å²) < 4.78 is 0. The zero-order valence-electron chi connectivity index (χ0n) is 13.9. The third-order valence-corrected chi connectivity index (χ3v) is 8.11. The highest BCUT2D eigenvalue weighted by atomic mass is 16.1. The van der Waals surface area contributed by atoms with Gasteiger partial charge in [0.15, 0.2) is 0 Å². The molecule has 116 valence electrons. The van der Waals surface area contributed by atoms with Gasteiger partial charge in [0.25, 0.3) is 0 Å². The summed E-state index contributed by atoms with van der Waals surface area (Å²) in [5.41, 5.74) is 0.457. The molecule has 1 nitrogen and oxygen atoms in total. The van der Waals surface area contributed by atoms with E-state index < -0.39 is 0 Å². The van der Waals surface area contributed by atoms with E-state index in [1.54, 1.807) is 0 Å². The Bertz CT molecular complexity index is 492. The van der Waals surface area contributed by atoms with Crippen LogP contribution in [0.4, 0.5) is 0 Å². The molecule has 7 atom stereocenters. The number of hydrogen-bond donors (Lipinski definition) is 0. The Hall–Kier alpha value is -0.590. The molecule has 0 aromatic heterocycles. The van der Waals surface area contributed by atoms with Crippen molar-refractivity contribution < 1.29 is 4.79 Å². The van der Waals surface area contributed by atoms with Gasteiger partial charge in [0.2, 0.25) is 0 Å². The average Bonchev–Trinajstić information content (AvgIpc) is 2.76. The summed E-state index contributed by atoms with van der Waals surface area (Å²) in [7, 11) is 0. The predicted octanol–water partition coefficient (Wildman–Crippen LogP) is 5.01. The number of Topliss-reactive ketones (excluding diaryl/α,β-unsaturated/α-hetero) is 1. The molecule has 0 spiro atoms. The van der Waals surface area contributed by atoms with Crippen LogP contribution in [0.2, 0.25) is 0 Å². The summed E-state index contributed by atoms with van der Waals surface area (Å²) in [4.78, 5) is 12.4. The Morgan fingerprint density at radius 3 is 2.71 bits per heavy atom. The van der Waals surface area contributed by atoms with Gasteiger partial charge in [-0.15, -0.1) is 0 Å². The van der Waals surface area contributed by atoms with Gasteiger partial charge in [-0.1, -0.05) is 32.9 Å². The standard InChI is InChI=1S/C20H30O/c1-13-8-10-19(2)14(12-13)4-5-15-16-6-7-18(21)20(16,3)11-9-17(15)19/h8,10,13-17H,4-7,9,11-12H2,1-3H3/t13?,14?,15?,16?,17?,19-,20-/m0/s1. The molecule has 0 bridgehead atoms. The van der Waals surface area contributed by atoms with Gasteiger partial charge in [0, 0.05) is 11.8 Å². The van der Waals surface area contributed by atoms with Gasteiger partial charge < -0.3 is 0 Å². The van der Waals surface area contributed by atoms with Crippen LogP contribution in [0.25, 0.3) is 0 Å². The molecule has 0 saturated heterocycles. The van der Waals surface area contributed by atoms with Crippen LogP contribution in [0, 0.1) is 40.4 Å². The lowest BCUT2D eigenvalue weighted by Gasteiger charge is -2.58. The quantitative estimate of drug-likeness (QED) is 0.572. The smallest absolute Gasteiger partial charge is 0.139 e. The van der Waals surface area contributed by atoms with Gasteiger partial charge in [-0.05, 0) is 73.5 Å². The van der Waals surface area contributed by atoms with E-state index in [1.165, 1.54) is 32.1 Å². The Morgan fingerprint density at radius 2 is 1.90 bits per heavy atom. The number of allylic oxidation sites excluding steroid dienone is 2. The first kappa shape index (κ1) is 14.0. The molecule has 1 heteroatoms. The maximum absolute atomic E-state index is 12.4. The van der Waals surface area contributed by atoms with Gasteiger partial charge in [0.1, 0.15) is 5.78 Å². The van der Waals surface area contributed by atoms with E-state index in [0.29, 0.717) is 17.1 Å². The second-order valence-electron chi connectivity index (χ2n) is 9.01. The Kier molecular flexibility index (Phi) is 2.98. The summed E-state index contributed by atoms with van der Waals surface area (Å²) in [5, 5.41) is 0. The Balaban J connectivity index is 1.68. The lowest BCUT2D eigenvalue weighted by molar-refractivity contribution is -0.134. The minimum atomic E-state index is 0.0377. The molecule has 0 radical (unpaired) electrons. The number of rotatable bonds is 0. The molecule has 4 rings (SSSR count). The van der Waals surface area contributed by atoms with Crippen LogP contribution in [0.15, 0.2) is 12.2 Å². The van der Waals surface area contributed by atoms with Gasteiger partial charge in [-0.3, -0.25) is 4.79 Å². The van der Waals surface area contributed by atoms with Crippen LogP contribution in [0.1, 0.15) is 65.7 Å². The SMILES string of the molecule is CC1C=C[C@@]2(C)C(CCC3C2CC[C@]2(C)C(=O)CCC32)C1. The highest BCUT2D eigenvalue weighted by Crippen LogP contribution is 2.64. The maximum atomic E-state index is 12.4. The van der Waals surface area contributed by atoms with Crippen molar-refractivity contribution in [2.45, 2.75) is 65.7 Å². The minimum Gasteiger partial charge on any atom is -0.299 e. The normalized spacial score (nSPS) is 55.8. The van der Waals surface area contributed by atoms with Crippen molar-refractivity contribution in [3.63, 3.8) is 0 Å². The van der Waals surface area contributed by atoms with Crippen molar-refractivity contribution >= 4 is 5.78 Å². The molecular weight excluding hydrogens is 256 g/mol. The molecule has 4 aliphatic rings. The first-order valence-corrected chi connectivity index (χ1v) is 9.18. The molecule has 4 aliphatic carbocycles. The van der Waals surface area contributed by atoms with E-state index >= 15 is 0 Å². The predicted molar refractivity (Wildman–Crippen MR) is 85.8 cm³/mol. The van der Waals surface area contributed by atoms with Crippen molar-refractivity contribution in [2.24, 2.45) is 40.4 Å². The van der Waals surface area contributed by atoms with E-state index in [9.17, 15) is 4.79 Å². The fourth-order valence-corrected chi connectivity index (χ4v) is 6.77. The highest BCUT2D eigenvalue weighted by molar-refractivity contribution is 5.87. The number of fused-ring (bicyclic) bond motifs is 5. The molecule has 5 unspecified atom stereocenters. The Morgan fingerprint density at radius 1 is 1.10 bits per heavy atom. The first-order chi connectivity index (χ1) is 9.95. The van der Waals surface area contributed by atoms with Gasteiger partial charge in [0.05, 0.1) is 0 Å². The molecule has 0 amide bonds. The van der Waals surface area contributed by atoms with E-state index in [4.69, 9.17) is 0 Å². The van der Waals surface area contributed by atoms with Crippen LogP contribution >= 0.6 is 0 Å². The molecule has 3 fully saturated rings. The maximum Gasteiger partial charge on any atom is 0.139 e. The fraction of sp³-hybridized carbons (Fsp3) is 0.850. The van der Waals surface area contributed by atoms with Gasteiger partial charge in [-0.25, -0.2) is 0 Å². The van der Waals surface area contributed by atoms with Gasteiger partial charge >= 0.3 is 0 Å². The topological polar surface area (TPSA) is 17.1 Å². The zero-order chi connectivity index (χ0) is 14.8. The van der Waals surface area contributed by atoms with Crippen LogP contribution < -0.4 is 0 Å². The summed E-state index contributed by atoms with van der Waals surface area (Å²) in [5.74, 6) is 4.57. The van der Waals surface area contributed by atoms with E-state index in [-0.39, 0.29) is 5.41 Å². The fourth-order valence-electron chi connectivity index (χ4n) is 6.77. The molecule has 3 saturated carbocycles. The average molecular weight is 286 g/mol.